The van der Waals surface area contributed by atoms with Crippen LogP contribution < -0.4 is 5.73 Å². The molecule has 0 aromatic carbocycles. The molecular formula is C11H21NO2. The Balaban J connectivity index is 1.52. The number of hydrogen-bond acceptors (Lipinski definition) is 3. The van der Waals surface area contributed by atoms with Crippen LogP contribution >= 0.6 is 0 Å². The zero-order valence-electron chi connectivity index (χ0n) is 8.78. The van der Waals surface area contributed by atoms with Gasteiger partial charge in [-0.1, -0.05) is 0 Å². The molecule has 0 radical (unpaired) electrons. The summed E-state index contributed by atoms with van der Waals surface area (Å²) in [5.41, 5.74) is 5.93. The second kappa shape index (κ2) is 5.10. The second-order valence-electron chi connectivity index (χ2n) is 4.53. The van der Waals surface area contributed by atoms with Gasteiger partial charge in [0.1, 0.15) is 0 Å². The zero-order valence-corrected chi connectivity index (χ0v) is 8.78. The van der Waals surface area contributed by atoms with E-state index in [-0.39, 0.29) is 6.04 Å². The van der Waals surface area contributed by atoms with Crippen LogP contribution in [0.4, 0.5) is 0 Å². The Morgan fingerprint density at radius 1 is 1.29 bits per heavy atom. The molecule has 82 valence electrons. The summed E-state index contributed by atoms with van der Waals surface area (Å²) in [6.45, 7) is 2.35. The molecular weight excluding hydrogens is 178 g/mol. The lowest BCUT2D eigenvalue weighted by Crippen LogP contribution is -2.31. The molecule has 0 aromatic rings. The maximum absolute atomic E-state index is 5.93. The molecule has 2 N–H and O–H groups in total. The van der Waals surface area contributed by atoms with Crippen molar-refractivity contribution in [2.45, 2.75) is 44.2 Å². The third kappa shape index (κ3) is 3.23. The van der Waals surface area contributed by atoms with Crippen molar-refractivity contribution in [1.29, 1.82) is 0 Å². The number of nitrogens with two attached hydrogens (primary N) is 1. The maximum Gasteiger partial charge on any atom is 0.0808 e. The molecule has 3 heteroatoms. The summed E-state index contributed by atoms with van der Waals surface area (Å²) >= 11 is 0. The van der Waals surface area contributed by atoms with Crippen LogP contribution in [-0.2, 0) is 9.47 Å². The Kier molecular flexibility index (Phi) is 3.79. The van der Waals surface area contributed by atoms with Crippen molar-refractivity contribution in [2.24, 2.45) is 11.7 Å². The molecule has 0 aromatic heterocycles. The van der Waals surface area contributed by atoms with Gasteiger partial charge in [0.2, 0.25) is 0 Å². The summed E-state index contributed by atoms with van der Waals surface area (Å²) in [4.78, 5) is 0. The fraction of sp³-hybridized carbons (Fsp3) is 1.00. The minimum absolute atomic E-state index is 0.263. The van der Waals surface area contributed by atoms with E-state index in [0.717, 1.165) is 25.6 Å². The van der Waals surface area contributed by atoms with Crippen LogP contribution in [0.2, 0.25) is 0 Å². The summed E-state index contributed by atoms with van der Waals surface area (Å²) in [6, 6.07) is 0.263. The first-order valence-corrected chi connectivity index (χ1v) is 5.81. The molecule has 1 saturated carbocycles. The summed E-state index contributed by atoms with van der Waals surface area (Å²) < 4.78 is 11.2. The van der Waals surface area contributed by atoms with Crippen molar-refractivity contribution in [2.75, 3.05) is 19.8 Å². The SMILES string of the molecule is NC(COCC1CCCCO1)C1CC1. The van der Waals surface area contributed by atoms with Crippen LogP contribution in [0.15, 0.2) is 0 Å². The normalized spacial score (nSPS) is 30.2. The van der Waals surface area contributed by atoms with E-state index >= 15 is 0 Å². The van der Waals surface area contributed by atoms with Gasteiger partial charge in [0.05, 0.1) is 19.3 Å². The van der Waals surface area contributed by atoms with E-state index in [1.807, 2.05) is 0 Å². The predicted octanol–water partition coefficient (Wildman–Crippen LogP) is 1.31. The van der Waals surface area contributed by atoms with Crippen LogP contribution in [0.1, 0.15) is 32.1 Å². The maximum atomic E-state index is 5.93. The largest absolute Gasteiger partial charge is 0.377 e. The average Bonchev–Trinajstić information content (AvgIpc) is 3.02. The summed E-state index contributed by atoms with van der Waals surface area (Å²) in [5.74, 6) is 0.738. The van der Waals surface area contributed by atoms with Gasteiger partial charge in [-0.3, -0.25) is 0 Å². The monoisotopic (exact) mass is 199 g/mol. The topological polar surface area (TPSA) is 44.5 Å². The third-order valence-corrected chi connectivity index (χ3v) is 3.12. The first-order chi connectivity index (χ1) is 6.86. The Morgan fingerprint density at radius 3 is 2.79 bits per heavy atom. The number of hydrogen-bond donors (Lipinski definition) is 1. The number of rotatable bonds is 5. The molecule has 2 atom stereocenters. The van der Waals surface area contributed by atoms with Crippen LogP contribution in [0, 0.1) is 5.92 Å². The molecule has 0 bridgehead atoms. The molecule has 14 heavy (non-hydrogen) atoms. The van der Waals surface area contributed by atoms with Crippen LogP contribution in [-0.4, -0.2) is 32.0 Å². The van der Waals surface area contributed by atoms with Crippen LogP contribution in [0.25, 0.3) is 0 Å². The second-order valence-corrected chi connectivity index (χ2v) is 4.53. The molecule has 2 unspecified atom stereocenters. The highest BCUT2D eigenvalue weighted by atomic mass is 16.5. The molecule has 1 heterocycles. The van der Waals surface area contributed by atoms with Gasteiger partial charge in [-0.25, -0.2) is 0 Å². The minimum atomic E-state index is 0.263. The molecule has 2 fully saturated rings. The van der Waals surface area contributed by atoms with Gasteiger partial charge >= 0.3 is 0 Å². The molecule has 2 aliphatic rings. The highest BCUT2D eigenvalue weighted by Crippen LogP contribution is 2.31. The van der Waals surface area contributed by atoms with E-state index in [2.05, 4.69) is 0 Å². The summed E-state index contributed by atoms with van der Waals surface area (Å²) in [5, 5.41) is 0. The smallest absolute Gasteiger partial charge is 0.0808 e. The summed E-state index contributed by atoms with van der Waals surface area (Å²) in [6.07, 6.45) is 6.56. The van der Waals surface area contributed by atoms with Gasteiger partial charge in [-0.2, -0.15) is 0 Å². The third-order valence-electron chi connectivity index (χ3n) is 3.12. The van der Waals surface area contributed by atoms with Gasteiger partial charge < -0.3 is 15.2 Å². The van der Waals surface area contributed by atoms with Gasteiger partial charge in [0.25, 0.3) is 0 Å². The average molecular weight is 199 g/mol. The summed E-state index contributed by atoms with van der Waals surface area (Å²) in [7, 11) is 0. The lowest BCUT2D eigenvalue weighted by Gasteiger charge is -2.23. The van der Waals surface area contributed by atoms with E-state index in [0.29, 0.717) is 12.7 Å². The fourth-order valence-electron chi connectivity index (χ4n) is 1.93. The van der Waals surface area contributed by atoms with Crippen molar-refractivity contribution < 1.29 is 9.47 Å². The molecule has 3 nitrogen and oxygen atoms in total. The lowest BCUT2D eigenvalue weighted by molar-refractivity contribution is -0.0434. The van der Waals surface area contributed by atoms with Gasteiger partial charge in [0, 0.05) is 12.6 Å². The Bertz CT molecular complexity index is 165. The standard InChI is InChI=1S/C11H21NO2/c12-11(9-4-5-9)8-13-7-10-3-1-2-6-14-10/h9-11H,1-8,12H2. The Hall–Kier alpha value is -0.120. The van der Waals surface area contributed by atoms with E-state index in [1.54, 1.807) is 0 Å². The molecule has 1 saturated heterocycles. The number of ether oxygens (including phenoxy) is 2. The van der Waals surface area contributed by atoms with Crippen molar-refractivity contribution >= 4 is 0 Å². The van der Waals surface area contributed by atoms with E-state index in [1.165, 1.54) is 25.7 Å². The molecule has 0 amide bonds. The van der Waals surface area contributed by atoms with Gasteiger partial charge in [-0.05, 0) is 38.0 Å². The van der Waals surface area contributed by atoms with Crippen molar-refractivity contribution in [3.8, 4) is 0 Å². The minimum Gasteiger partial charge on any atom is -0.377 e. The Labute approximate surface area is 85.9 Å². The van der Waals surface area contributed by atoms with Gasteiger partial charge in [-0.15, -0.1) is 0 Å². The van der Waals surface area contributed by atoms with Crippen molar-refractivity contribution in [3.63, 3.8) is 0 Å². The molecule has 1 aliphatic carbocycles. The predicted molar refractivity (Wildman–Crippen MR) is 55.1 cm³/mol. The van der Waals surface area contributed by atoms with E-state index in [4.69, 9.17) is 15.2 Å². The quantitative estimate of drug-likeness (QED) is 0.726. The zero-order chi connectivity index (χ0) is 9.80. The Morgan fingerprint density at radius 2 is 2.14 bits per heavy atom. The fourth-order valence-corrected chi connectivity index (χ4v) is 1.93. The van der Waals surface area contributed by atoms with Gasteiger partial charge in [0.15, 0.2) is 0 Å². The highest BCUT2D eigenvalue weighted by molar-refractivity contribution is 4.83. The molecule has 0 spiro atoms. The van der Waals surface area contributed by atoms with E-state index < -0.39 is 0 Å². The van der Waals surface area contributed by atoms with E-state index in [9.17, 15) is 0 Å². The molecule has 2 rings (SSSR count). The molecule has 1 aliphatic heterocycles. The van der Waals surface area contributed by atoms with Crippen LogP contribution in [0.3, 0.4) is 0 Å². The first kappa shape index (κ1) is 10.4. The van der Waals surface area contributed by atoms with Crippen molar-refractivity contribution in [1.82, 2.24) is 0 Å². The lowest BCUT2D eigenvalue weighted by atomic mass is 10.1. The van der Waals surface area contributed by atoms with Crippen LogP contribution in [0.5, 0.6) is 0 Å². The van der Waals surface area contributed by atoms with Crippen molar-refractivity contribution in [3.05, 3.63) is 0 Å². The first-order valence-electron chi connectivity index (χ1n) is 5.81. The highest BCUT2D eigenvalue weighted by Gasteiger charge is 2.28.